The molecule has 2 N–H and O–H groups in total. The Bertz CT molecular complexity index is 701. The number of fused-ring (bicyclic) bond motifs is 1. The monoisotopic (exact) mass is 339 g/mol. The van der Waals surface area contributed by atoms with E-state index in [0.29, 0.717) is 23.1 Å². The van der Waals surface area contributed by atoms with Gasteiger partial charge < -0.3 is 15.2 Å². The summed E-state index contributed by atoms with van der Waals surface area (Å²) in [6.45, 7) is 1.61. The fourth-order valence-electron chi connectivity index (χ4n) is 2.40. The normalized spacial score (nSPS) is 13.0. The molecule has 0 fully saturated rings. The third-order valence-electron chi connectivity index (χ3n) is 3.55. The number of aromatic nitrogens is 3. The number of aryl methyl sites for hydroxylation is 1. The Kier molecular flexibility index (Phi) is 4.49. The van der Waals surface area contributed by atoms with Crippen molar-refractivity contribution < 1.29 is 4.79 Å². The van der Waals surface area contributed by atoms with Crippen molar-refractivity contribution in [1.29, 1.82) is 0 Å². The number of benzene rings is 1. The number of halogens is 2. The van der Waals surface area contributed by atoms with Gasteiger partial charge in [-0.3, -0.25) is 0 Å². The van der Waals surface area contributed by atoms with E-state index in [-0.39, 0.29) is 6.03 Å². The van der Waals surface area contributed by atoms with E-state index in [1.165, 1.54) is 0 Å². The summed E-state index contributed by atoms with van der Waals surface area (Å²) in [5.74, 6) is 1.78. The number of carbonyl (C=O) groups excluding carboxylic acids is 1. The fourth-order valence-corrected chi connectivity index (χ4v) is 2.88. The zero-order valence-corrected chi connectivity index (χ0v) is 13.3. The van der Waals surface area contributed by atoms with Crippen LogP contribution in [0.15, 0.2) is 18.2 Å². The third-order valence-corrected chi connectivity index (χ3v) is 4.13. The van der Waals surface area contributed by atoms with Gasteiger partial charge in [-0.25, -0.2) is 4.79 Å². The van der Waals surface area contributed by atoms with E-state index in [9.17, 15) is 4.79 Å². The van der Waals surface area contributed by atoms with Gasteiger partial charge in [0, 0.05) is 29.6 Å². The third kappa shape index (κ3) is 3.34. The van der Waals surface area contributed by atoms with Gasteiger partial charge in [0.1, 0.15) is 5.82 Å². The van der Waals surface area contributed by atoms with Crippen LogP contribution in [0.25, 0.3) is 0 Å². The lowest BCUT2D eigenvalue weighted by Gasteiger charge is -2.09. The molecule has 0 aliphatic carbocycles. The van der Waals surface area contributed by atoms with Gasteiger partial charge in [0.2, 0.25) is 0 Å². The van der Waals surface area contributed by atoms with Crippen molar-refractivity contribution in [1.82, 2.24) is 25.4 Å². The summed E-state index contributed by atoms with van der Waals surface area (Å²) in [6.07, 6.45) is 2.04. The van der Waals surface area contributed by atoms with E-state index >= 15 is 0 Å². The van der Waals surface area contributed by atoms with Gasteiger partial charge in [-0.15, -0.1) is 10.2 Å². The summed E-state index contributed by atoms with van der Waals surface area (Å²) < 4.78 is 2.05. The maximum absolute atomic E-state index is 11.8. The van der Waals surface area contributed by atoms with Gasteiger partial charge in [-0.05, 0) is 24.1 Å². The summed E-state index contributed by atoms with van der Waals surface area (Å²) in [5.41, 5.74) is 0.810. The molecule has 0 saturated carbocycles. The molecule has 0 radical (unpaired) electrons. The second kappa shape index (κ2) is 6.54. The lowest BCUT2D eigenvalue weighted by molar-refractivity contribution is 0.239. The molecule has 0 atom stereocenters. The highest BCUT2D eigenvalue weighted by Crippen LogP contribution is 2.20. The molecule has 0 saturated heterocycles. The maximum atomic E-state index is 11.8. The first-order valence-electron chi connectivity index (χ1n) is 7.00. The number of nitrogens with zero attached hydrogens (tertiary/aromatic N) is 3. The number of amides is 2. The lowest BCUT2D eigenvalue weighted by Crippen LogP contribution is -2.35. The number of hydrogen-bond donors (Lipinski definition) is 2. The average molecular weight is 340 g/mol. The molecule has 0 bridgehead atoms. The molecular weight excluding hydrogens is 325 g/mol. The van der Waals surface area contributed by atoms with E-state index in [1.54, 1.807) is 18.2 Å². The number of hydrogen-bond acceptors (Lipinski definition) is 3. The Hall–Kier alpha value is -1.79. The van der Waals surface area contributed by atoms with Crippen molar-refractivity contribution in [3.05, 3.63) is 45.5 Å². The highest BCUT2D eigenvalue weighted by molar-refractivity contribution is 6.35. The van der Waals surface area contributed by atoms with Crippen LogP contribution in [-0.4, -0.2) is 20.8 Å². The lowest BCUT2D eigenvalue weighted by atomic mass is 10.2. The van der Waals surface area contributed by atoms with Gasteiger partial charge in [0.05, 0.1) is 6.54 Å². The Morgan fingerprint density at radius 1 is 1.23 bits per heavy atom. The highest BCUT2D eigenvalue weighted by Gasteiger charge is 2.17. The minimum absolute atomic E-state index is 0.277. The van der Waals surface area contributed by atoms with Crippen LogP contribution in [0.2, 0.25) is 10.0 Å². The standard InChI is InChI=1S/C14H15Cl2N5O/c15-10-4-3-9(11(16)6-10)7-17-14(22)18-8-13-20-19-12-2-1-5-21(12)13/h3-4,6H,1-2,5,7-8H2,(H2,17,18,22). The molecule has 1 aromatic heterocycles. The molecule has 0 unspecified atom stereocenters. The van der Waals surface area contributed by atoms with Gasteiger partial charge >= 0.3 is 6.03 Å². The molecule has 6 nitrogen and oxygen atoms in total. The van der Waals surface area contributed by atoms with Crippen molar-refractivity contribution in [3.63, 3.8) is 0 Å². The molecule has 8 heteroatoms. The molecule has 116 valence electrons. The van der Waals surface area contributed by atoms with Crippen LogP contribution in [0, 0.1) is 0 Å². The Balaban J connectivity index is 1.50. The maximum Gasteiger partial charge on any atom is 0.315 e. The Labute approximate surface area is 137 Å². The number of carbonyl (C=O) groups is 1. The average Bonchev–Trinajstić information content (AvgIpc) is 3.07. The van der Waals surface area contributed by atoms with Crippen molar-refractivity contribution in [2.75, 3.05) is 0 Å². The van der Waals surface area contributed by atoms with Crippen molar-refractivity contribution in [3.8, 4) is 0 Å². The predicted octanol–water partition coefficient (Wildman–Crippen LogP) is 2.53. The van der Waals surface area contributed by atoms with Crippen LogP contribution < -0.4 is 10.6 Å². The van der Waals surface area contributed by atoms with Crippen molar-refractivity contribution >= 4 is 29.2 Å². The van der Waals surface area contributed by atoms with E-state index in [0.717, 1.165) is 36.6 Å². The van der Waals surface area contributed by atoms with Gasteiger partial charge in [0.15, 0.2) is 5.82 Å². The minimum Gasteiger partial charge on any atom is -0.334 e. The first kappa shape index (κ1) is 15.1. The summed E-state index contributed by atoms with van der Waals surface area (Å²) in [5, 5.41) is 14.8. The molecular formula is C14H15Cl2N5O. The van der Waals surface area contributed by atoms with Crippen LogP contribution in [0.3, 0.4) is 0 Å². The Morgan fingerprint density at radius 3 is 2.86 bits per heavy atom. The van der Waals surface area contributed by atoms with Crippen LogP contribution in [0.5, 0.6) is 0 Å². The molecule has 1 aliphatic heterocycles. The molecule has 0 spiro atoms. The van der Waals surface area contributed by atoms with E-state index in [4.69, 9.17) is 23.2 Å². The molecule has 2 heterocycles. The van der Waals surface area contributed by atoms with Gasteiger partial charge in [0.25, 0.3) is 0 Å². The van der Waals surface area contributed by atoms with Gasteiger partial charge in [-0.2, -0.15) is 0 Å². The smallest absolute Gasteiger partial charge is 0.315 e. The quantitative estimate of drug-likeness (QED) is 0.898. The first-order chi connectivity index (χ1) is 10.6. The second-order valence-electron chi connectivity index (χ2n) is 5.06. The van der Waals surface area contributed by atoms with Crippen LogP contribution >= 0.6 is 23.2 Å². The number of urea groups is 1. The molecule has 3 rings (SSSR count). The molecule has 2 aromatic rings. The molecule has 2 amide bonds. The van der Waals surface area contributed by atoms with Crippen LogP contribution in [0.4, 0.5) is 4.79 Å². The first-order valence-corrected chi connectivity index (χ1v) is 7.75. The number of nitrogens with one attached hydrogen (secondary N) is 2. The Morgan fingerprint density at radius 2 is 2.05 bits per heavy atom. The zero-order chi connectivity index (χ0) is 15.5. The van der Waals surface area contributed by atoms with Crippen molar-refractivity contribution in [2.24, 2.45) is 0 Å². The van der Waals surface area contributed by atoms with Crippen molar-refractivity contribution in [2.45, 2.75) is 32.5 Å². The molecule has 22 heavy (non-hydrogen) atoms. The zero-order valence-electron chi connectivity index (χ0n) is 11.8. The van der Waals surface area contributed by atoms with Crippen LogP contribution in [-0.2, 0) is 26.1 Å². The summed E-state index contributed by atoms with van der Waals surface area (Å²) in [7, 11) is 0. The van der Waals surface area contributed by atoms with Crippen LogP contribution in [0.1, 0.15) is 23.6 Å². The summed E-state index contributed by atoms with van der Waals surface area (Å²) in [4.78, 5) is 11.8. The highest BCUT2D eigenvalue weighted by atomic mass is 35.5. The molecule has 1 aliphatic rings. The largest absolute Gasteiger partial charge is 0.334 e. The fraction of sp³-hybridized carbons (Fsp3) is 0.357. The summed E-state index contributed by atoms with van der Waals surface area (Å²) >= 11 is 11.9. The van der Waals surface area contributed by atoms with E-state index < -0.39 is 0 Å². The van der Waals surface area contributed by atoms with Gasteiger partial charge in [-0.1, -0.05) is 29.3 Å². The topological polar surface area (TPSA) is 71.8 Å². The second-order valence-corrected chi connectivity index (χ2v) is 5.90. The number of rotatable bonds is 4. The molecule has 1 aromatic carbocycles. The predicted molar refractivity (Wildman–Crippen MR) is 83.9 cm³/mol. The minimum atomic E-state index is -0.277. The summed E-state index contributed by atoms with van der Waals surface area (Å²) in [6, 6.07) is 4.90. The SMILES string of the molecule is O=C(NCc1ccc(Cl)cc1Cl)NCc1nnc2n1CCC2. The van der Waals surface area contributed by atoms with E-state index in [1.807, 2.05) is 0 Å². The van der Waals surface area contributed by atoms with E-state index in [2.05, 4.69) is 25.4 Å².